The van der Waals surface area contributed by atoms with Crippen LogP contribution in [-0.2, 0) is 0 Å². The fourth-order valence-corrected chi connectivity index (χ4v) is 3.56. The first kappa shape index (κ1) is 11.7. The Kier molecular flexibility index (Phi) is 2.81. The van der Waals surface area contributed by atoms with Crippen LogP contribution in [-0.4, -0.2) is 16.3 Å². The summed E-state index contributed by atoms with van der Waals surface area (Å²) in [5, 5.41) is 10.4. The molecule has 2 aromatic heterocycles. The second-order valence-corrected chi connectivity index (χ2v) is 5.95. The lowest BCUT2D eigenvalue weighted by Gasteiger charge is -2.24. The third kappa shape index (κ3) is 1.93. The average molecular weight is 281 g/mol. The molecule has 0 saturated heterocycles. The maximum atomic E-state index is 4.82. The summed E-state index contributed by atoms with van der Waals surface area (Å²) in [6.45, 7) is 1.00. The molecule has 1 aliphatic rings. The van der Waals surface area contributed by atoms with Gasteiger partial charge in [0.1, 0.15) is 5.82 Å². The number of rotatable bonds is 2. The molecular weight excluding hydrogens is 266 g/mol. The number of aromatic nitrogens is 2. The summed E-state index contributed by atoms with van der Waals surface area (Å²) in [7, 11) is 0. The molecule has 3 nitrogen and oxygen atoms in total. The Bertz CT molecular complexity index is 701. The summed E-state index contributed by atoms with van der Waals surface area (Å²) in [5.74, 6) is 1.12. The van der Waals surface area contributed by atoms with Gasteiger partial charge in [-0.2, -0.15) is 5.10 Å². The molecule has 0 radical (unpaired) electrons. The van der Waals surface area contributed by atoms with Gasteiger partial charge >= 0.3 is 0 Å². The van der Waals surface area contributed by atoms with Gasteiger partial charge in [-0.1, -0.05) is 36.4 Å². The summed E-state index contributed by atoms with van der Waals surface area (Å²) < 4.78 is 2.14. The highest BCUT2D eigenvalue weighted by Crippen LogP contribution is 2.34. The minimum atomic E-state index is 0.365. The number of nitrogens with zero attached hydrogens (tertiary/aromatic N) is 2. The highest BCUT2D eigenvalue weighted by atomic mass is 32.1. The number of nitrogens with one attached hydrogen (secondary N) is 1. The molecular formula is C16H15N3S. The van der Waals surface area contributed by atoms with Gasteiger partial charge in [0.15, 0.2) is 0 Å². The molecule has 0 bridgehead atoms. The van der Waals surface area contributed by atoms with E-state index in [0.29, 0.717) is 6.04 Å². The van der Waals surface area contributed by atoms with Gasteiger partial charge in [-0.25, -0.2) is 4.68 Å². The van der Waals surface area contributed by atoms with E-state index in [1.807, 2.05) is 17.4 Å². The monoisotopic (exact) mass is 281 g/mol. The van der Waals surface area contributed by atoms with Crippen LogP contribution in [0.4, 0.5) is 5.82 Å². The lowest BCUT2D eigenvalue weighted by atomic mass is 10.1. The molecule has 0 amide bonds. The maximum Gasteiger partial charge on any atom is 0.125 e. The summed E-state index contributed by atoms with van der Waals surface area (Å²) >= 11 is 1.81. The van der Waals surface area contributed by atoms with E-state index < -0.39 is 0 Å². The molecule has 4 rings (SSSR count). The predicted molar refractivity (Wildman–Crippen MR) is 83.2 cm³/mol. The van der Waals surface area contributed by atoms with E-state index in [4.69, 9.17) is 5.10 Å². The predicted octanol–water partition coefficient (Wildman–Crippen LogP) is 4.02. The van der Waals surface area contributed by atoms with Gasteiger partial charge in [0.05, 0.1) is 11.7 Å². The van der Waals surface area contributed by atoms with Crippen LogP contribution in [0, 0.1) is 0 Å². The van der Waals surface area contributed by atoms with Crippen molar-refractivity contribution in [3.63, 3.8) is 0 Å². The Morgan fingerprint density at radius 3 is 2.85 bits per heavy atom. The normalized spacial score (nSPS) is 17.5. The van der Waals surface area contributed by atoms with Crippen molar-refractivity contribution in [2.75, 3.05) is 11.9 Å². The Hall–Kier alpha value is -2.07. The number of thiophene rings is 1. The highest BCUT2D eigenvalue weighted by Gasteiger charge is 2.23. The maximum absolute atomic E-state index is 4.82. The third-order valence-corrected chi connectivity index (χ3v) is 4.67. The van der Waals surface area contributed by atoms with Gasteiger partial charge < -0.3 is 5.32 Å². The zero-order valence-electron chi connectivity index (χ0n) is 11.0. The molecule has 1 atom stereocenters. The van der Waals surface area contributed by atoms with Crippen molar-refractivity contribution in [2.45, 2.75) is 12.5 Å². The largest absolute Gasteiger partial charge is 0.370 e. The molecule has 4 heteroatoms. The van der Waals surface area contributed by atoms with E-state index in [9.17, 15) is 0 Å². The van der Waals surface area contributed by atoms with Crippen molar-refractivity contribution in [1.29, 1.82) is 0 Å². The topological polar surface area (TPSA) is 29.9 Å². The second-order valence-electron chi connectivity index (χ2n) is 4.97. The standard InChI is InChI=1S/C16H15N3S/c1-2-5-12(6-3-1)13-11-16-17-9-8-14(19(16)18-13)15-7-4-10-20-15/h1-7,10-11,14,17H,8-9H2. The van der Waals surface area contributed by atoms with E-state index in [0.717, 1.165) is 24.5 Å². The van der Waals surface area contributed by atoms with Crippen molar-refractivity contribution in [3.8, 4) is 11.3 Å². The Morgan fingerprint density at radius 1 is 1.15 bits per heavy atom. The van der Waals surface area contributed by atoms with E-state index >= 15 is 0 Å². The number of hydrogen-bond acceptors (Lipinski definition) is 3. The molecule has 0 aliphatic carbocycles. The summed E-state index contributed by atoms with van der Waals surface area (Å²) in [5.41, 5.74) is 2.21. The van der Waals surface area contributed by atoms with E-state index in [-0.39, 0.29) is 0 Å². The van der Waals surface area contributed by atoms with Crippen molar-refractivity contribution < 1.29 is 0 Å². The molecule has 1 aromatic carbocycles. The highest BCUT2D eigenvalue weighted by molar-refractivity contribution is 7.10. The van der Waals surface area contributed by atoms with Crippen LogP contribution in [0.2, 0.25) is 0 Å². The third-order valence-electron chi connectivity index (χ3n) is 3.70. The lowest BCUT2D eigenvalue weighted by molar-refractivity contribution is 0.490. The molecule has 1 unspecified atom stereocenters. The number of anilines is 1. The van der Waals surface area contributed by atoms with E-state index in [2.05, 4.69) is 57.8 Å². The summed E-state index contributed by atoms with van der Waals surface area (Å²) in [6, 6.07) is 17.2. The van der Waals surface area contributed by atoms with Crippen LogP contribution in [0.5, 0.6) is 0 Å². The van der Waals surface area contributed by atoms with Gasteiger partial charge in [-0.05, 0) is 17.9 Å². The van der Waals surface area contributed by atoms with Gasteiger partial charge in [0.2, 0.25) is 0 Å². The van der Waals surface area contributed by atoms with Gasteiger partial charge in [-0.15, -0.1) is 11.3 Å². The van der Waals surface area contributed by atoms with E-state index in [1.165, 1.54) is 10.4 Å². The van der Waals surface area contributed by atoms with Crippen LogP contribution < -0.4 is 5.32 Å². The smallest absolute Gasteiger partial charge is 0.125 e. The molecule has 1 N–H and O–H groups in total. The minimum absolute atomic E-state index is 0.365. The van der Waals surface area contributed by atoms with Crippen molar-refractivity contribution in [3.05, 3.63) is 58.8 Å². The lowest BCUT2D eigenvalue weighted by Crippen LogP contribution is -2.23. The van der Waals surface area contributed by atoms with Crippen LogP contribution in [0.15, 0.2) is 53.9 Å². The van der Waals surface area contributed by atoms with Gasteiger partial charge in [-0.3, -0.25) is 0 Å². The zero-order chi connectivity index (χ0) is 13.4. The zero-order valence-corrected chi connectivity index (χ0v) is 11.8. The number of benzene rings is 1. The minimum Gasteiger partial charge on any atom is -0.370 e. The molecule has 0 spiro atoms. The molecule has 1 aliphatic heterocycles. The number of fused-ring (bicyclic) bond motifs is 1. The summed E-state index contributed by atoms with van der Waals surface area (Å²) in [6.07, 6.45) is 1.09. The number of hydrogen-bond donors (Lipinski definition) is 1. The quantitative estimate of drug-likeness (QED) is 0.769. The Balaban J connectivity index is 1.78. The second kappa shape index (κ2) is 4.80. The van der Waals surface area contributed by atoms with E-state index in [1.54, 1.807) is 0 Å². The molecule has 0 fully saturated rings. The van der Waals surface area contributed by atoms with Gasteiger partial charge in [0, 0.05) is 23.1 Å². The molecule has 20 heavy (non-hydrogen) atoms. The average Bonchev–Trinajstić information content (AvgIpc) is 3.17. The Morgan fingerprint density at radius 2 is 2.05 bits per heavy atom. The molecule has 100 valence electrons. The molecule has 3 heterocycles. The fourth-order valence-electron chi connectivity index (χ4n) is 2.72. The summed E-state index contributed by atoms with van der Waals surface area (Å²) in [4.78, 5) is 1.38. The molecule has 0 saturated carbocycles. The van der Waals surface area contributed by atoms with Crippen LogP contribution >= 0.6 is 11.3 Å². The van der Waals surface area contributed by atoms with Crippen molar-refractivity contribution >= 4 is 17.2 Å². The fraction of sp³-hybridized carbons (Fsp3) is 0.188. The first-order valence-corrected chi connectivity index (χ1v) is 7.72. The Labute approximate surface area is 121 Å². The SMILES string of the molecule is c1ccc(-c2cc3n(n2)C(c2cccs2)CCN3)cc1. The van der Waals surface area contributed by atoms with Crippen molar-refractivity contribution in [2.24, 2.45) is 0 Å². The van der Waals surface area contributed by atoms with Crippen molar-refractivity contribution in [1.82, 2.24) is 9.78 Å². The van der Waals surface area contributed by atoms with Gasteiger partial charge in [0.25, 0.3) is 0 Å². The van der Waals surface area contributed by atoms with Crippen LogP contribution in [0.25, 0.3) is 11.3 Å². The first-order valence-electron chi connectivity index (χ1n) is 6.84. The molecule has 3 aromatic rings. The van der Waals surface area contributed by atoms with Crippen LogP contribution in [0.1, 0.15) is 17.3 Å². The van der Waals surface area contributed by atoms with Crippen LogP contribution in [0.3, 0.4) is 0 Å². The first-order chi connectivity index (χ1) is 9.92.